The molecule has 0 N–H and O–H groups in total. The van der Waals surface area contributed by atoms with E-state index < -0.39 is 6.04 Å². The van der Waals surface area contributed by atoms with E-state index in [0.29, 0.717) is 18.5 Å². The number of hydrogen-bond acceptors (Lipinski definition) is 2. The third kappa shape index (κ3) is 2.23. The van der Waals surface area contributed by atoms with Crippen LogP contribution in [0.5, 0.6) is 0 Å². The Morgan fingerprint density at radius 3 is 2.20 bits per heavy atom. The summed E-state index contributed by atoms with van der Waals surface area (Å²) in [6.07, 6.45) is 0.429. The van der Waals surface area contributed by atoms with Crippen molar-refractivity contribution in [2.24, 2.45) is 0 Å². The fourth-order valence-electron chi connectivity index (χ4n) is 2.64. The molecule has 1 fully saturated rings. The van der Waals surface area contributed by atoms with Gasteiger partial charge < -0.3 is 4.90 Å². The van der Waals surface area contributed by atoms with Gasteiger partial charge in [0, 0.05) is 18.5 Å². The molecule has 0 spiro atoms. The molecule has 100 valence electrons. The Bertz CT molecular complexity index is 622. The number of rotatable bonds is 2. The average molecular weight is 265 g/mol. The van der Waals surface area contributed by atoms with Gasteiger partial charge in [-0.3, -0.25) is 9.59 Å². The highest BCUT2D eigenvalue weighted by molar-refractivity contribution is 6.00. The summed E-state index contributed by atoms with van der Waals surface area (Å²) in [6, 6.07) is 18.2. The van der Waals surface area contributed by atoms with E-state index in [0.717, 1.165) is 5.56 Å². The molecule has 2 aromatic rings. The fraction of sp³-hybridized carbons (Fsp3) is 0.176. The zero-order chi connectivity index (χ0) is 13.9. The minimum Gasteiger partial charge on any atom is -0.324 e. The summed E-state index contributed by atoms with van der Waals surface area (Å²) in [7, 11) is 0. The van der Waals surface area contributed by atoms with Crippen LogP contribution in [-0.2, 0) is 4.79 Å². The predicted octanol–water partition coefficient (Wildman–Crippen LogP) is 2.84. The van der Waals surface area contributed by atoms with E-state index in [-0.39, 0.29) is 11.7 Å². The monoisotopic (exact) mass is 265 g/mol. The Morgan fingerprint density at radius 1 is 0.950 bits per heavy atom. The van der Waals surface area contributed by atoms with Crippen molar-refractivity contribution in [1.82, 2.24) is 4.90 Å². The van der Waals surface area contributed by atoms with Crippen LogP contribution in [0, 0.1) is 0 Å². The first-order valence-electron chi connectivity index (χ1n) is 6.71. The maximum atomic E-state index is 12.5. The number of carbonyl (C=O) groups excluding carboxylic acids is 2. The van der Waals surface area contributed by atoms with Crippen LogP contribution in [0.2, 0.25) is 0 Å². The Labute approximate surface area is 117 Å². The van der Waals surface area contributed by atoms with Gasteiger partial charge in [0.05, 0.1) is 0 Å². The van der Waals surface area contributed by atoms with Crippen LogP contribution in [0.1, 0.15) is 28.4 Å². The number of Topliss-reactive ketones (excluding diaryl/α,β-unsaturated/α-hetero) is 1. The molecule has 0 aromatic heterocycles. The molecule has 1 unspecified atom stereocenters. The lowest BCUT2D eigenvalue weighted by Crippen LogP contribution is -2.32. The fourth-order valence-corrected chi connectivity index (χ4v) is 2.64. The molecule has 2 aromatic carbocycles. The van der Waals surface area contributed by atoms with Gasteiger partial charge >= 0.3 is 0 Å². The van der Waals surface area contributed by atoms with E-state index in [1.54, 1.807) is 17.0 Å². The standard InChI is InChI=1S/C17H15NO2/c19-15-11-12-18(16(15)13-7-3-1-4-8-13)17(20)14-9-5-2-6-10-14/h1-10,16H,11-12H2. The summed E-state index contributed by atoms with van der Waals surface area (Å²) < 4.78 is 0. The van der Waals surface area contributed by atoms with Gasteiger partial charge in [0.25, 0.3) is 5.91 Å². The summed E-state index contributed by atoms with van der Waals surface area (Å²) in [6.45, 7) is 0.492. The molecule has 1 aliphatic rings. The summed E-state index contributed by atoms with van der Waals surface area (Å²) >= 11 is 0. The normalized spacial score (nSPS) is 18.3. The van der Waals surface area contributed by atoms with Crippen molar-refractivity contribution in [3.63, 3.8) is 0 Å². The van der Waals surface area contributed by atoms with E-state index in [1.165, 1.54) is 0 Å². The van der Waals surface area contributed by atoms with Gasteiger partial charge in [0.1, 0.15) is 6.04 Å². The van der Waals surface area contributed by atoms with E-state index >= 15 is 0 Å². The summed E-state index contributed by atoms with van der Waals surface area (Å²) in [4.78, 5) is 26.4. The van der Waals surface area contributed by atoms with E-state index in [2.05, 4.69) is 0 Å². The highest BCUT2D eigenvalue weighted by atomic mass is 16.2. The molecule has 3 heteroatoms. The first-order valence-corrected chi connectivity index (χ1v) is 6.71. The zero-order valence-electron chi connectivity index (χ0n) is 11.0. The van der Waals surface area contributed by atoms with Gasteiger partial charge in [0.2, 0.25) is 0 Å². The lowest BCUT2D eigenvalue weighted by atomic mass is 10.0. The molecule has 0 aliphatic carbocycles. The van der Waals surface area contributed by atoms with Gasteiger partial charge in [-0.15, -0.1) is 0 Å². The molecule has 0 bridgehead atoms. The number of carbonyl (C=O) groups is 2. The van der Waals surface area contributed by atoms with E-state index in [4.69, 9.17) is 0 Å². The second-order valence-electron chi connectivity index (χ2n) is 4.89. The van der Waals surface area contributed by atoms with Crippen molar-refractivity contribution in [3.8, 4) is 0 Å². The quantitative estimate of drug-likeness (QED) is 0.837. The lowest BCUT2D eigenvalue weighted by Gasteiger charge is -2.23. The van der Waals surface area contributed by atoms with E-state index in [1.807, 2.05) is 48.5 Å². The van der Waals surface area contributed by atoms with Crippen LogP contribution in [0.15, 0.2) is 60.7 Å². The van der Waals surface area contributed by atoms with E-state index in [9.17, 15) is 9.59 Å². The van der Waals surface area contributed by atoms with Crippen molar-refractivity contribution in [3.05, 3.63) is 71.8 Å². The molecule has 1 aliphatic heterocycles. The third-order valence-electron chi connectivity index (χ3n) is 3.61. The van der Waals surface area contributed by atoms with Crippen molar-refractivity contribution < 1.29 is 9.59 Å². The molecular formula is C17H15NO2. The van der Waals surface area contributed by atoms with Crippen molar-refractivity contribution in [2.45, 2.75) is 12.5 Å². The van der Waals surface area contributed by atoms with Crippen LogP contribution < -0.4 is 0 Å². The van der Waals surface area contributed by atoms with Crippen LogP contribution in [-0.4, -0.2) is 23.1 Å². The van der Waals surface area contributed by atoms with Crippen LogP contribution in [0.25, 0.3) is 0 Å². The molecule has 1 amide bonds. The van der Waals surface area contributed by atoms with Gasteiger partial charge in [-0.25, -0.2) is 0 Å². The SMILES string of the molecule is O=C1CCN(C(=O)c2ccccc2)C1c1ccccc1. The molecule has 1 saturated heterocycles. The number of amides is 1. The molecule has 3 nitrogen and oxygen atoms in total. The smallest absolute Gasteiger partial charge is 0.254 e. The first-order chi connectivity index (χ1) is 9.77. The summed E-state index contributed by atoms with van der Waals surface area (Å²) in [5, 5.41) is 0. The van der Waals surface area contributed by atoms with Gasteiger partial charge in [0.15, 0.2) is 5.78 Å². The van der Waals surface area contributed by atoms with Gasteiger partial charge in [-0.05, 0) is 17.7 Å². The lowest BCUT2D eigenvalue weighted by molar-refractivity contribution is -0.119. The summed E-state index contributed by atoms with van der Waals surface area (Å²) in [5.74, 6) is 0.0331. The Hall–Kier alpha value is -2.42. The molecule has 0 radical (unpaired) electrons. The molecule has 3 rings (SSSR count). The first kappa shape index (κ1) is 12.6. The largest absolute Gasteiger partial charge is 0.324 e. The van der Waals surface area contributed by atoms with Crippen LogP contribution in [0.3, 0.4) is 0 Å². The minimum atomic E-state index is -0.441. The maximum Gasteiger partial charge on any atom is 0.254 e. The van der Waals surface area contributed by atoms with Crippen molar-refractivity contribution in [1.29, 1.82) is 0 Å². The van der Waals surface area contributed by atoms with Crippen LogP contribution >= 0.6 is 0 Å². The summed E-state index contributed by atoms with van der Waals surface area (Å²) in [5.41, 5.74) is 1.52. The number of likely N-dealkylation sites (tertiary alicyclic amines) is 1. The highest BCUT2D eigenvalue weighted by Crippen LogP contribution is 2.30. The Morgan fingerprint density at radius 2 is 1.55 bits per heavy atom. The molecule has 20 heavy (non-hydrogen) atoms. The number of benzene rings is 2. The maximum absolute atomic E-state index is 12.5. The molecule has 1 atom stereocenters. The minimum absolute atomic E-state index is 0.0784. The number of nitrogens with zero attached hydrogens (tertiary/aromatic N) is 1. The predicted molar refractivity (Wildman–Crippen MR) is 76.3 cm³/mol. The van der Waals surface area contributed by atoms with Gasteiger partial charge in [-0.1, -0.05) is 48.5 Å². The second kappa shape index (κ2) is 5.29. The number of hydrogen-bond donors (Lipinski definition) is 0. The average Bonchev–Trinajstić information content (AvgIpc) is 2.90. The van der Waals surface area contributed by atoms with Gasteiger partial charge in [-0.2, -0.15) is 0 Å². The Balaban J connectivity index is 1.93. The second-order valence-corrected chi connectivity index (χ2v) is 4.89. The highest BCUT2D eigenvalue weighted by Gasteiger charge is 2.36. The van der Waals surface area contributed by atoms with Crippen molar-refractivity contribution >= 4 is 11.7 Å². The zero-order valence-corrected chi connectivity index (χ0v) is 11.0. The van der Waals surface area contributed by atoms with Crippen molar-refractivity contribution in [2.75, 3.05) is 6.54 Å². The Kier molecular flexibility index (Phi) is 3.33. The molecule has 0 saturated carbocycles. The molecular weight excluding hydrogens is 250 g/mol. The third-order valence-corrected chi connectivity index (χ3v) is 3.61. The number of ketones is 1. The van der Waals surface area contributed by atoms with Crippen LogP contribution in [0.4, 0.5) is 0 Å². The molecule has 1 heterocycles. The topological polar surface area (TPSA) is 37.4 Å².